The van der Waals surface area contributed by atoms with Crippen LogP contribution in [-0.2, 0) is 0 Å². The van der Waals surface area contributed by atoms with Crippen molar-refractivity contribution >= 4 is 39.2 Å². The van der Waals surface area contributed by atoms with Gasteiger partial charge in [-0.25, -0.2) is 0 Å². The molecule has 0 spiro atoms. The second-order valence-electron chi connectivity index (χ2n) is 5.08. The zero-order valence-electron chi connectivity index (χ0n) is 11.8. The van der Waals surface area contributed by atoms with Crippen LogP contribution in [0.5, 0.6) is 5.75 Å². The molecule has 1 aromatic heterocycles. The number of rotatable bonds is 3. The van der Waals surface area contributed by atoms with Gasteiger partial charge in [0.1, 0.15) is 5.75 Å². The van der Waals surface area contributed by atoms with Crippen LogP contribution in [0.3, 0.4) is 0 Å². The second-order valence-corrected chi connectivity index (χ2v) is 6.16. The lowest BCUT2D eigenvalue weighted by Gasteiger charge is -2.05. The van der Waals surface area contributed by atoms with Gasteiger partial charge in [0.05, 0.1) is 0 Å². The quantitative estimate of drug-likeness (QED) is 0.570. The van der Waals surface area contributed by atoms with Crippen LogP contribution in [-0.4, -0.2) is 12.7 Å². The second kappa shape index (κ2) is 5.48. The monoisotopic (exact) mass is 304 g/mol. The van der Waals surface area contributed by atoms with Gasteiger partial charge in [0.25, 0.3) is 0 Å². The SMILES string of the molecule is OBOc1ccc2c(c1)sc1cccc(-c3ccccc3)c12. The lowest BCUT2D eigenvalue weighted by molar-refractivity contribution is 0.454. The summed E-state index contributed by atoms with van der Waals surface area (Å²) in [6.45, 7) is 0. The summed E-state index contributed by atoms with van der Waals surface area (Å²) in [6.07, 6.45) is 0. The molecule has 3 aromatic carbocycles. The first kappa shape index (κ1) is 13.4. The topological polar surface area (TPSA) is 29.5 Å². The number of fused-ring (bicyclic) bond motifs is 3. The highest BCUT2D eigenvalue weighted by Crippen LogP contribution is 2.40. The van der Waals surface area contributed by atoms with Crippen LogP contribution in [0.1, 0.15) is 0 Å². The van der Waals surface area contributed by atoms with E-state index in [4.69, 9.17) is 9.68 Å². The van der Waals surface area contributed by atoms with Gasteiger partial charge in [-0.05, 0) is 35.4 Å². The number of thiophene rings is 1. The fourth-order valence-electron chi connectivity index (χ4n) is 2.83. The molecule has 0 atom stereocenters. The van der Waals surface area contributed by atoms with Crippen molar-refractivity contribution in [3.63, 3.8) is 0 Å². The zero-order chi connectivity index (χ0) is 14.9. The van der Waals surface area contributed by atoms with Crippen molar-refractivity contribution in [2.45, 2.75) is 0 Å². The van der Waals surface area contributed by atoms with Gasteiger partial charge in [-0.3, -0.25) is 0 Å². The van der Waals surface area contributed by atoms with Crippen LogP contribution in [0.2, 0.25) is 0 Å². The van der Waals surface area contributed by atoms with Crippen LogP contribution in [0.15, 0.2) is 66.7 Å². The molecule has 4 aromatic rings. The first-order chi connectivity index (χ1) is 10.9. The first-order valence-electron chi connectivity index (χ1n) is 7.11. The minimum Gasteiger partial charge on any atom is -0.539 e. The highest BCUT2D eigenvalue weighted by atomic mass is 32.1. The van der Waals surface area contributed by atoms with E-state index >= 15 is 0 Å². The smallest absolute Gasteiger partial charge is 0.504 e. The highest BCUT2D eigenvalue weighted by Gasteiger charge is 2.11. The van der Waals surface area contributed by atoms with E-state index in [-0.39, 0.29) is 7.69 Å². The lowest BCUT2D eigenvalue weighted by Crippen LogP contribution is -1.98. The number of hydrogen-bond acceptors (Lipinski definition) is 3. The third-order valence-electron chi connectivity index (χ3n) is 3.78. The van der Waals surface area contributed by atoms with Crippen LogP contribution < -0.4 is 4.65 Å². The summed E-state index contributed by atoms with van der Waals surface area (Å²) in [5.41, 5.74) is 2.48. The Kier molecular flexibility index (Phi) is 3.33. The molecule has 106 valence electrons. The Morgan fingerprint density at radius 2 is 1.73 bits per heavy atom. The molecule has 0 amide bonds. The average molecular weight is 304 g/mol. The maximum atomic E-state index is 8.91. The Morgan fingerprint density at radius 3 is 2.55 bits per heavy atom. The zero-order valence-corrected chi connectivity index (χ0v) is 12.6. The molecule has 1 heterocycles. The Balaban J connectivity index is 2.01. The van der Waals surface area contributed by atoms with E-state index in [2.05, 4.69) is 48.5 Å². The van der Waals surface area contributed by atoms with E-state index in [1.807, 2.05) is 18.2 Å². The molecule has 0 aliphatic rings. The molecule has 1 N–H and O–H groups in total. The summed E-state index contributed by atoms with van der Waals surface area (Å²) in [5.74, 6) is 0.697. The summed E-state index contributed by atoms with van der Waals surface area (Å²) >= 11 is 1.75. The summed E-state index contributed by atoms with van der Waals surface area (Å²) in [4.78, 5) is 0. The van der Waals surface area contributed by atoms with Crippen LogP contribution in [0.4, 0.5) is 0 Å². The van der Waals surface area contributed by atoms with Crippen molar-refractivity contribution in [1.29, 1.82) is 0 Å². The van der Waals surface area contributed by atoms with Crippen LogP contribution >= 0.6 is 11.3 Å². The van der Waals surface area contributed by atoms with Gasteiger partial charge in [-0.2, -0.15) is 0 Å². The molecule has 2 nitrogen and oxygen atoms in total. The molecular weight excluding hydrogens is 291 g/mol. The van der Waals surface area contributed by atoms with Gasteiger partial charge in [0, 0.05) is 20.2 Å². The highest BCUT2D eigenvalue weighted by molar-refractivity contribution is 7.26. The van der Waals surface area contributed by atoms with Gasteiger partial charge >= 0.3 is 7.69 Å². The largest absolute Gasteiger partial charge is 0.539 e. The standard InChI is InChI=1S/C18H13BO2S/c20-19-21-13-9-10-15-17(11-13)22-16-8-4-7-14(18(15)16)12-5-2-1-3-6-12/h1-11,19-20H. The molecule has 0 aliphatic carbocycles. The third kappa shape index (κ3) is 2.17. The van der Waals surface area contributed by atoms with Gasteiger partial charge in [-0.15, -0.1) is 11.3 Å². The van der Waals surface area contributed by atoms with E-state index < -0.39 is 0 Å². The summed E-state index contributed by atoms with van der Waals surface area (Å²) in [6, 6.07) is 22.8. The summed E-state index contributed by atoms with van der Waals surface area (Å²) in [5, 5.41) is 11.4. The van der Waals surface area contributed by atoms with Gasteiger partial charge in [0.15, 0.2) is 0 Å². The van der Waals surface area contributed by atoms with E-state index in [0.717, 1.165) is 0 Å². The van der Waals surface area contributed by atoms with Gasteiger partial charge in [0.2, 0.25) is 0 Å². The Morgan fingerprint density at radius 1 is 0.864 bits per heavy atom. The van der Waals surface area contributed by atoms with E-state index in [1.54, 1.807) is 11.3 Å². The normalized spacial score (nSPS) is 11.0. The van der Waals surface area contributed by atoms with Crippen molar-refractivity contribution in [1.82, 2.24) is 0 Å². The molecule has 0 bridgehead atoms. The van der Waals surface area contributed by atoms with Gasteiger partial charge in [-0.1, -0.05) is 42.5 Å². The molecule has 4 heteroatoms. The lowest BCUT2D eigenvalue weighted by atomic mass is 9.99. The molecule has 0 aliphatic heterocycles. The van der Waals surface area contributed by atoms with E-state index in [9.17, 15) is 0 Å². The summed E-state index contributed by atoms with van der Waals surface area (Å²) < 4.78 is 7.62. The minimum absolute atomic E-state index is 0.300. The van der Waals surface area contributed by atoms with Crippen molar-refractivity contribution in [2.24, 2.45) is 0 Å². The maximum absolute atomic E-state index is 8.91. The fourth-order valence-corrected chi connectivity index (χ4v) is 3.99. The molecular formula is C18H13BO2S. The average Bonchev–Trinajstić information content (AvgIpc) is 2.93. The van der Waals surface area contributed by atoms with Crippen molar-refractivity contribution in [3.05, 3.63) is 66.7 Å². The van der Waals surface area contributed by atoms with Crippen molar-refractivity contribution in [3.8, 4) is 16.9 Å². The number of benzene rings is 3. The van der Waals surface area contributed by atoms with Crippen molar-refractivity contribution < 1.29 is 9.68 Å². The molecule has 0 unspecified atom stereocenters. The molecule has 0 radical (unpaired) electrons. The van der Waals surface area contributed by atoms with Crippen LogP contribution in [0, 0.1) is 0 Å². The molecule has 0 saturated carbocycles. The fraction of sp³-hybridized carbons (Fsp3) is 0. The maximum Gasteiger partial charge on any atom is 0.504 e. The van der Waals surface area contributed by atoms with Crippen molar-refractivity contribution in [2.75, 3.05) is 0 Å². The van der Waals surface area contributed by atoms with Crippen LogP contribution in [0.25, 0.3) is 31.3 Å². The Hall–Kier alpha value is -2.30. The van der Waals surface area contributed by atoms with E-state index in [1.165, 1.54) is 31.3 Å². The Bertz CT molecular complexity index is 947. The first-order valence-corrected chi connectivity index (χ1v) is 7.93. The number of hydrogen-bond donors (Lipinski definition) is 1. The minimum atomic E-state index is -0.300. The third-order valence-corrected chi connectivity index (χ3v) is 4.90. The van der Waals surface area contributed by atoms with E-state index in [0.29, 0.717) is 5.75 Å². The predicted octanol–water partition coefficient (Wildman–Crippen LogP) is 4.36. The van der Waals surface area contributed by atoms with Gasteiger partial charge < -0.3 is 9.68 Å². The Labute approximate surface area is 132 Å². The molecule has 4 rings (SSSR count). The molecule has 0 fully saturated rings. The molecule has 22 heavy (non-hydrogen) atoms. The summed E-state index contributed by atoms with van der Waals surface area (Å²) in [7, 11) is -0.300. The predicted molar refractivity (Wildman–Crippen MR) is 94.8 cm³/mol. The molecule has 0 saturated heterocycles.